The van der Waals surface area contributed by atoms with Crippen LogP contribution in [0.5, 0.6) is 0 Å². The second-order valence-corrected chi connectivity index (χ2v) is 27.1. The molecule has 7 heteroatoms. The number of nitrogens with zero attached hydrogens (tertiary/aromatic N) is 4. The molecule has 1 unspecified atom stereocenters. The van der Waals surface area contributed by atoms with Crippen LogP contribution in [0.2, 0.25) is 17.3 Å². The first-order valence-electron chi connectivity index (χ1n) is 20.6. The molecule has 7 aromatic rings. The van der Waals surface area contributed by atoms with Gasteiger partial charge in [0.1, 0.15) is 0 Å². The predicted octanol–water partition coefficient (Wildman–Crippen LogP) is 12.3. The first kappa shape index (κ1) is 36.7. The number of benzene rings is 2. The van der Waals surface area contributed by atoms with E-state index < -0.39 is 30.9 Å². The molecule has 0 N–H and O–H groups in total. The zero-order chi connectivity index (χ0) is 40.6. The summed E-state index contributed by atoms with van der Waals surface area (Å²) in [5.41, 5.74) is 7.83. The van der Waals surface area contributed by atoms with Gasteiger partial charge in [-0.25, -0.2) is 4.98 Å². The smallest absolute Gasteiger partial charge is 0 e. The molecule has 5 aromatic heterocycles. The van der Waals surface area contributed by atoms with E-state index in [0.29, 0.717) is 22.8 Å². The summed E-state index contributed by atoms with van der Waals surface area (Å²) in [6.07, 6.45) is 14.9. The third kappa shape index (κ3) is 9.71. The van der Waals surface area contributed by atoms with Gasteiger partial charge in [-0.2, -0.15) is 0 Å². The summed E-state index contributed by atoms with van der Waals surface area (Å²) < 4.78 is 34.0. The molecule has 0 spiro atoms. The summed E-state index contributed by atoms with van der Waals surface area (Å²) in [6, 6.07) is 29.1. The maximum Gasteiger partial charge on any atom is 0 e. The minimum absolute atomic E-state index is 0. The summed E-state index contributed by atoms with van der Waals surface area (Å²) in [4.78, 5) is 18.2. The summed E-state index contributed by atoms with van der Waals surface area (Å²) >= 11 is -2.24. The van der Waals surface area contributed by atoms with E-state index in [0.717, 1.165) is 67.2 Å². The third-order valence-electron chi connectivity index (χ3n) is 10.2. The molecule has 0 amide bonds. The second kappa shape index (κ2) is 17.4. The van der Waals surface area contributed by atoms with Crippen molar-refractivity contribution in [1.82, 2.24) is 19.9 Å². The van der Waals surface area contributed by atoms with E-state index in [1.807, 2.05) is 101 Å². The molecule has 5 nitrogen and oxygen atoms in total. The van der Waals surface area contributed by atoms with Crippen molar-refractivity contribution in [2.24, 2.45) is 11.3 Å². The molecular weight excluding hydrogens is 913 g/mol. The van der Waals surface area contributed by atoms with Crippen LogP contribution in [0.1, 0.15) is 80.9 Å². The topological polar surface area (TPSA) is 64.7 Å². The Balaban J connectivity index is 0.000000208. The molecule has 1 saturated carbocycles. The minimum Gasteiger partial charge on any atom is 0 e. The molecule has 1 aliphatic rings. The minimum atomic E-state index is -2.24. The van der Waals surface area contributed by atoms with E-state index >= 15 is 0 Å². The number of hydrogen-bond acceptors (Lipinski definition) is 5. The largest absolute Gasteiger partial charge is 0 e. The third-order valence-corrected chi connectivity index (χ3v) is 14.4. The zero-order valence-electron chi connectivity index (χ0n) is 36.0. The fraction of sp³-hybridized carbons (Fsp3) is 0.333. The molecule has 8 rings (SSSR count). The molecule has 1 fully saturated rings. The fourth-order valence-electron chi connectivity index (χ4n) is 7.33. The van der Waals surface area contributed by atoms with Gasteiger partial charge in [-0.15, -0.1) is 0 Å². The van der Waals surface area contributed by atoms with E-state index in [1.165, 1.54) is 19.3 Å². The van der Waals surface area contributed by atoms with Crippen molar-refractivity contribution in [2.45, 2.75) is 89.3 Å². The maximum absolute atomic E-state index is 9.19. The SMILES string of the molecule is [2H]C(C)(c1ccnc(-c2[c-]ncc3c2oc2ncc(-c4ccccc4)cc23)c1)C1CCCCC1.[2H]C([2H])(c1cc(-c2[c-]cccc2)nc[c]1[Ge]([CH3])([CH3])[CH3])C(C)(C)C.[Ir]. The van der Waals surface area contributed by atoms with Crippen LogP contribution in [0.25, 0.3) is 55.7 Å². The van der Waals surface area contributed by atoms with Gasteiger partial charge in [-0.3, -0.25) is 0 Å². The van der Waals surface area contributed by atoms with Crippen molar-refractivity contribution in [1.29, 1.82) is 0 Å². The number of aromatic nitrogens is 4. The molecule has 0 saturated heterocycles. The molecule has 55 heavy (non-hydrogen) atoms. The van der Waals surface area contributed by atoms with Crippen LogP contribution >= 0.6 is 0 Å². The normalized spacial score (nSPS) is 15.9. The average molecular weight is 969 g/mol. The molecule has 1 atom stereocenters. The van der Waals surface area contributed by atoms with Crippen LogP contribution in [-0.2, 0) is 26.5 Å². The van der Waals surface area contributed by atoms with Gasteiger partial charge in [0.2, 0.25) is 5.71 Å². The Bertz CT molecular complexity index is 2490. The molecule has 2 aromatic carbocycles. The maximum atomic E-state index is 9.19. The van der Waals surface area contributed by atoms with Gasteiger partial charge in [0, 0.05) is 44.8 Å². The van der Waals surface area contributed by atoms with Gasteiger partial charge in [0.05, 0.1) is 5.58 Å². The monoisotopic (exact) mass is 970 g/mol. The average Bonchev–Trinajstić information content (AvgIpc) is 3.59. The van der Waals surface area contributed by atoms with E-state index in [1.54, 1.807) is 12.4 Å². The van der Waals surface area contributed by atoms with Gasteiger partial charge >= 0.3 is 135 Å². The number of pyridine rings is 4. The van der Waals surface area contributed by atoms with Gasteiger partial charge in [0.25, 0.3) is 0 Å². The van der Waals surface area contributed by atoms with E-state index in [2.05, 4.69) is 67.7 Å². The summed E-state index contributed by atoms with van der Waals surface area (Å²) in [7, 11) is 0. The molecule has 0 aliphatic heterocycles. The fourth-order valence-corrected chi connectivity index (χ4v) is 10.3. The Labute approximate surface area is 347 Å². The molecule has 5 heterocycles. The van der Waals surface area contributed by atoms with Gasteiger partial charge in [-0.1, -0.05) is 73.7 Å². The summed E-state index contributed by atoms with van der Waals surface area (Å²) in [5, 5.41) is 1.81. The van der Waals surface area contributed by atoms with Crippen molar-refractivity contribution in [3.05, 3.63) is 127 Å². The van der Waals surface area contributed by atoms with Crippen LogP contribution in [0.4, 0.5) is 0 Å². The van der Waals surface area contributed by atoms with Crippen LogP contribution in [0, 0.1) is 23.6 Å². The van der Waals surface area contributed by atoms with E-state index in [-0.39, 0.29) is 20.1 Å². The quantitative estimate of drug-likeness (QED) is 0.118. The first-order chi connectivity index (χ1) is 27.1. The van der Waals surface area contributed by atoms with Crippen LogP contribution in [0.3, 0.4) is 0 Å². The molecule has 0 bridgehead atoms. The summed E-state index contributed by atoms with van der Waals surface area (Å²) in [6.45, 7) is 7.92. The van der Waals surface area contributed by atoms with E-state index in [9.17, 15) is 1.37 Å². The molecule has 1 radical (unpaired) electrons. The summed E-state index contributed by atoms with van der Waals surface area (Å²) in [5.74, 6) is 6.56. The van der Waals surface area contributed by atoms with Crippen LogP contribution in [0.15, 0.2) is 108 Å². The van der Waals surface area contributed by atoms with Gasteiger partial charge in [0.15, 0.2) is 0 Å². The Morgan fingerprint density at radius 3 is 2.33 bits per heavy atom. The van der Waals surface area contributed by atoms with Crippen molar-refractivity contribution in [3.63, 3.8) is 0 Å². The van der Waals surface area contributed by atoms with Gasteiger partial charge in [-0.05, 0) is 65.8 Å². The molecule has 1 aliphatic carbocycles. The molecular formula is C48H52GeIrN4O-2. The number of fused-ring (bicyclic) bond motifs is 3. The Morgan fingerprint density at radius 2 is 1.62 bits per heavy atom. The number of hydrogen-bond donors (Lipinski definition) is 0. The first-order valence-corrected chi connectivity index (χ1v) is 26.5. The van der Waals surface area contributed by atoms with Crippen molar-refractivity contribution in [2.75, 3.05) is 0 Å². The predicted molar refractivity (Wildman–Crippen MR) is 226 cm³/mol. The van der Waals surface area contributed by atoms with Crippen molar-refractivity contribution >= 4 is 39.7 Å². The van der Waals surface area contributed by atoms with Crippen molar-refractivity contribution in [3.8, 4) is 33.6 Å². The Kier molecular flexibility index (Phi) is 11.6. The van der Waals surface area contributed by atoms with Crippen LogP contribution < -0.4 is 4.40 Å². The second-order valence-electron chi connectivity index (χ2n) is 16.5. The van der Waals surface area contributed by atoms with Crippen molar-refractivity contribution < 1.29 is 28.6 Å². The standard InChI is InChI=1S/C29H26N3O.C19H26GeN.Ir/c1-19(20-8-4-2-5-9-20)22-12-13-31-27(15-22)26-18-30-17-25-24-14-23(21-10-6-3-7-11-21)16-32-29(24)33-28(25)26;1-19(2,3)13-16-12-18(15-10-8-7-9-11-15)21-14-17(16)20(4,5)6;/h3,6-7,10-17,19-20H,2,4-5,8-9H2,1H3;7-10,12,14H,13H2,1-6H3;/q2*-1;/i19D;13D2;. The zero-order valence-corrected chi connectivity index (χ0v) is 37.5. The Hall–Kier alpha value is -3.97. The molecule has 285 valence electrons. The number of furan rings is 1. The Morgan fingerprint density at radius 1 is 0.855 bits per heavy atom. The number of rotatable bonds is 7. The van der Waals surface area contributed by atoms with Crippen LogP contribution in [-0.4, -0.2) is 33.2 Å². The van der Waals surface area contributed by atoms with Gasteiger partial charge < -0.3 is 14.4 Å². The van der Waals surface area contributed by atoms with E-state index in [4.69, 9.17) is 7.16 Å².